The Labute approximate surface area is 163 Å². The van der Waals surface area contributed by atoms with Crippen LogP contribution in [0.15, 0.2) is 69.8 Å². The molecule has 0 saturated carbocycles. The third-order valence-corrected chi connectivity index (χ3v) is 4.78. The number of methoxy groups -OCH3 is 1. The van der Waals surface area contributed by atoms with Gasteiger partial charge in [0.05, 0.1) is 16.9 Å². The monoisotopic (exact) mass is 400 g/mol. The van der Waals surface area contributed by atoms with Crippen LogP contribution < -0.4 is 0 Å². The van der Waals surface area contributed by atoms with Crippen LogP contribution >= 0.6 is 11.8 Å². The highest BCUT2D eigenvalue weighted by atomic mass is 32.2. The van der Waals surface area contributed by atoms with Gasteiger partial charge in [-0.2, -0.15) is 0 Å². The number of aliphatic imine (C=N–C) groups is 1. The van der Waals surface area contributed by atoms with Gasteiger partial charge >= 0.3 is 5.97 Å². The zero-order valence-electron chi connectivity index (χ0n) is 14.5. The second-order valence-electron chi connectivity index (χ2n) is 5.54. The first-order chi connectivity index (χ1) is 13.4. The number of halogens is 1. The number of carbonyl (C=O) groups is 1. The average molecular weight is 400 g/mol. The van der Waals surface area contributed by atoms with Gasteiger partial charge in [-0.25, -0.2) is 14.2 Å². The average Bonchev–Trinajstić information content (AvgIpc) is 2.98. The second kappa shape index (κ2) is 8.05. The number of para-hydroxylation sites is 1. The van der Waals surface area contributed by atoms with Crippen LogP contribution in [0.25, 0.3) is 6.08 Å². The summed E-state index contributed by atoms with van der Waals surface area (Å²) in [7, 11) is 1.16. The number of carbonyl (C=O) groups excluding carboxylic acids is 1. The summed E-state index contributed by atoms with van der Waals surface area (Å²) >= 11 is 0.965. The number of hydrogen-bond acceptors (Lipinski definition) is 7. The first-order valence-electron chi connectivity index (χ1n) is 7.90. The van der Waals surface area contributed by atoms with Crippen LogP contribution in [0.4, 0.5) is 15.8 Å². The Hall–Kier alpha value is -3.46. The van der Waals surface area contributed by atoms with Gasteiger partial charge in [-0.15, -0.1) is 0 Å². The van der Waals surface area contributed by atoms with Crippen LogP contribution in [0, 0.1) is 15.9 Å². The van der Waals surface area contributed by atoms with Crippen molar-refractivity contribution in [2.45, 2.75) is 0 Å². The number of hydrogen-bond donors (Lipinski definition) is 1. The van der Waals surface area contributed by atoms with E-state index in [4.69, 9.17) is 4.74 Å². The summed E-state index contributed by atoms with van der Waals surface area (Å²) in [6, 6.07) is 11.4. The summed E-state index contributed by atoms with van der Waals surface area (Å²) in [6.07, 6.45) is 1.54. The Morgan fingerprint density at radius 2 is 1.93 bits per heavy atom. The molecule has 28 heavy (non-hydrogen) atoms. The molecular weight excluding hydrogens is 387 g/mol. The third kappa shape index (κ3) is 3.94. The number of ether oxygens (including phenoxy) is 1. The number of non-ortho nitro benzene ring substituents is 1. The minimum atomic E-state index is -0.813. The Bertz CT molecular complexity index is 1040. The summed E-state index contributed by atoms with van der Waals surface area (Å²) in [5.41, 5.74) is 0.328. The molecule has 0 saturated heterocycles. The van der Waals surface area contributed by atoms with Gasteiger partial charge in [-0.05, 0) is 35.9 Å². The van der Waals surface area contributed by atoms with E-state index >= 15 is 0 Å². The quantitative estimate of drug-likeness (QED) is 0.459. The van der Waals surface area contributed by atoms with Crippen molar-refractivity contribution in [2.75, 3.05) is 7.11 Å². The SMILES string of the molecule is COC(=O)C1=C(O)C(=Cc2ccc([N+](=O)[O-])cc2)SC1=Nc1ccccc1F. The van der Waals surface area contributed by atoms with Gasteiger partial charge in [-0.3, -0.25) is 10.1 Å². The zero-order valence-corrected chi connectivity index (χ0v) is 15.3. The van der Waals surface area contributed by atoms with Gasteiger partial charge < -0.3 is 9.84 Å². The first kappa shape index (κ1) is 19.3. The highest BCUT2D eigenvalue weighted by molar-refractivity contribution is 8.18. The summed E-state index contributed by atoms with van der Waals surface area (Å²) in [5.74, 6) is -1.75. The lowest BCUT2D eigenvalue weighted by molar-refractivity contribution is -0.384. The fourth-order valence-corrected chi connectivity index (χ4v) is 3.41. The molecule has 0 radical (unpaired) electrons. The highest BCUT2D eigenvalue weighted by Gasteiger charge is 2.33. The van der Waals surface area contributed by atoms with Gasteiger partial charge in [0.2, 0.25) is 0 Å². The molecule has 1 heterocycles. The molecule has 0 fully saturated rings. The molecule has 0 amide bonds. The molecule has 0 unspecified atom stereocenters. The number of aliphatic hydroxyl groups is 1. The molecule has 9 heteroatoms. The number of nitro benzene ring substituents is 1. The molecular formula is C19H13FN2O5S. The van der Waals surface area contributed by atoms with E-state index in [-0.39, 0.29) is 32.7 Å². The number of nitrogens with zero attached hydrogens (tertiary/aromatic N) is 2. The largest absolute Gasteiger partial charge is 0.506 e. The van der Waals surface area contributed by atoms with Crippen molar-refractivity contribution in [3.05, 3.63) is 86.3 Å². The zero-order chi connectivity index (χ0) is 20.3. The van der Waals surface area contributed by atoms with E-state index in [1.54, 1.807) is 6.07 Å². The van der Waals surface area contributed by atoms with Crippen LogP contribution in [0.2, 0.25) is 0 Å². The van der Waals surface area contributed by atoms with E-state index in [1.807, 2.05) is 0 Å². The molecule has 2 aromatic carbocycles. The Morgan fingerprint density at radius 1 is 1.25 bits per heavy atom. The van der Waals surface area contributed by atoms with E-state index in [2.05, 4.69) is 4.99 Å². The van der Waals surface area contributed by atoms with Crippen molar-refractivity contribution in [3.63, 3.8) is 0 Å². The molecule has 0 aliphatic carbocycles. The predicted molar refractivity (Wildman–Crippen MR) is 104 cm³/mol. The van der Waals surface area contributed by atoms with Gasteiger partial charge in [0, 0.05) is 12.1 Å². The number of nitro groups is 1. The van der Waals surface area contributed by atoms with Crippen molar-refractivity contribution in [1.29, 1.82) is 0 Å². The molecule has 3 rings (SSSR count). The summed E-state index contributed by atoms with van der Waals surface area (Å²) < 4.78 is 18.6. The number of thioether (sulfide) groups is 1. The van der Waals surface area contributed by atoms with Gasteiger partial charge in [0.25, 0.3) is 5.69 Å². The number of aliphatic hydroxyl groups excluding tert-OH is 1. The van der Waals surface area contributed by atoms with E-state index in [0.29, 0.717) is 5.56 Å². The summed E-state index contributed by atoms with van der Waals surface area (Å²) in [5, 5.41) is 21.3. The second-order valence-corrected chi connectivity index (χ2v) is 6.57. The lowest BCUT2D eigenvalue weighted by Gasteiger charge is -2.02. The van der Waals surface area contributed by atoms with E-state index < -0.39 is 16.7 Å². The molecule has 142 valence electrons. The number of rotatable bonds is 4. The fourth-order valence-electron chi connectivity index (χ4n) is 2.39. The van der Waals surface area contributed by atoms with E-state index in [0.717, 1.165) is 18.9 Å². The Kier molecular flexibility index (Phi) is 5.55. The maximum Gasteiger partial charge on any atom is 0.344 e. The molecule has 0 spiro atoms. The standard InChI is InChI=1S/C19H13FN2O5S/c1-27-19(24)16-17(23)15(10-11-6-8-12(9-7-11)22(25)26)28-18(16)21-14-5-3-2-4-13(14)20/h2-10,23H,1H3. The molecule has 1 aliphatic heterocycles. The van der Waals surface area contributed by atoms with Crippen molar-refractivity contribution >= 4 is 40.2 Å². The van der Waals surface area contributed by atoms with Crippen molar-refractivity contribution in [3.8, 4) is 0 Å². The third-order valence-electron chi connectivity index (χ3n) is 3.76. The summed E-state index contributed by atoms with van der Waals surface area (Å²) in [6.45, 7) is 0. The van der Waals surface area contributed by atoms with Crippen LogP contribution in [-0.4, -0.2) is 28.2 Å². The van der Waals surface area contributed by atoms with E-state index in [1.165, 1.54) is 48.5 Å². The minimum absolute atomic E-state index is 0.00999. The van der Waals surface area contributed by atoms with Crippen molar-refractivity contribution in [1.82, 2.24) is 0 Å². The maximum atomic E-state index is 13.9. The van der Waals surface area contributed by atoms with E-state index in [9.17, 15) is 24.4 Å². The smallest absolute Gasteiger partial charge is 0.344 e. The van der Waals surface area contributed by atoms with Crippen molar-refractivity contribution < 1.29 is 24.0 Å². The molecule has 0 bridgehead atoms. The highest BCUT2D eigenvalue weighted by Crippen LogP contribution is 2.40. The minimum Gasteiger partial charge on any atom is -0.506 e. The van der Waals surface area contributed by atoms with Crippen LogP contribution in [0.3, 0.4) is 0 Å². The Balaban J connectivity index is 2.02. The predicted octanol–water partition coefficient (Wildman–Crippen LogP) is 4.54. The normalized spacial score (nSPS) is 16.6. The number of esters is 1. The Morgan fingerprint density at radius 3 is 2.54 bits per heavy atom. The topological polar surface area (TPSA) is 102 Å². The molecule has 7 nitrogen and oxygen atoms in total. The number of benzene rings is 2. The van der Waals surface area contributed by atoms with Gasteiger partial charge in [0.1, 0.15) is 27.9 Å². The summed E-state index contributed by atoms with van der Waals surface area (Å²) in [4.78, 5) is 26.7. The van der Waals surface area contributed by atoms with Crippen LogP contribution in [0.1, 0.15) is 5.56 Å². The molecule has 1 N–H and O–H groups in total. The molecule has 0 aromatic heterocycles. The van der Waals surface area contributed by atoms with Crippen molar-refractivity contribution in [2.24, 2.45) is 4.99 Å². The maximum absolute atomic E-state index is 13.9. The lowest BCUT2D eigenvalue weighted by atomic mass is 10.1. The molecule has 0 atom stereocenters. The van der Waals surface area contributed by atoms with Crippen LogP contribution in [0.5, 0.6) is 0 Å². The molecule has 1 aliphatic rings. The molecule has 2 aromatic rings. The van der Waals surface area contributed by atoms with Crippen LogP contribution in [-0.2, 0) is 9.53 Å². The first-order valence-corrected chi connectivity index (χ1v) is 8.72. The lowest BCUT2D eigenvalue weighted by Crippen LogP contribution is -2.10. The van der Waals surface area contributed by atoms with Gasteiger partial charge in [0.15, 0.2) is 0 Å². The van der Waals surface area contributed by atoms with Gasteiger partial charge in [-0.1, -0.05) is 23.9 Å². The fraction of sp³-hybridized carbons (Fsp3) is 0.0526.